The molecular formula is C14H22N4OS. The number of imidazole rings is 1. The van der Waals surface area contributed by atoms with Gasteiger partial charge in [-0.3, -0.25) is 4.40 Å². The van der Waals surface area contributed by atoms with Crippen LogP contribution in [0.25, 0.3) is 4.96 Å². The van der Waals surface area contributed by atoms with Crippen molar-refractivity contribution in [1.82, 2.24) is 14.7 Å². The molecule has 1 atom stereocenters. The molecule has 0 saturated carbocycles. The Bertz CT molecular complexity index is 565. The number of rotatable bonds is 5. The normalized spacial score (nSPS) is 19.9. The highest BCUT2D eigenvalue weighted by Crippen LogP contribution is 2.28. The third kappa shape index (κ3) is 2.55. The van der Waals surface area contributed by atoms with Gasteiger partial charge in [-0.1, -0.05) is 6.92 Å². The van der Waals surface area contributed by atoms with Crippen LogP contribution < -0.4 is 10.2 Å². The summed E-state index contributed by atoms with van der Waals surface area (Å²) in [5.74, 6) is 1.48. The molecule has 1 saturated heterocycles. The van der Waals surface area contributed by atoms with E-state index in [0.29, 0.717) is 5.92 Å². The van der Waals surface area contributed by atoms with Gasteiger partial charge < -0.3 is 15.3 Å². The van der Waals surface area contributed by atoms with Crippen LogP contribution in [0.1, 0.15) is 25.5 Å². The maximum atomic E-state index is 9.40. The summed E-state index contributed by atoms with van der Waals surface area (Å²) in [5, 5.41) is 14.9. The van der Waals surface area contributed by atoms with Crippen LogP contribution in [0, 0.1) is 5.92 Å². The first-order valence-electron chi connectivity index (χ1n) is 7.34. The molecular weight excluding hydrogens is 272 g/mol. The van der Waals surface area contributed by atoms with E-state index in [4.69, 9.17) is 4.98 Å². The zero-order valence-electron chi connectivity index (χ0n) is 11.9. The Labute approximate surface area is 123 Å². The van der Waals surface area contributed by atoms with Gasteiger partial charge in [0.15, 0.2) is 10.8 Å². The minimum absolute atomic E-state index is 0.279. The second-order valence-electron chi connectivity index (χ2n) is 5.35. The van der Waals surface area contributed by atoms with Crippen LogP contribution in [0.3, 0.4) is 0 Å². The van der Waals surface area contributed by atoms with Crippen molar-refractivity contribution in [1.29, 1.82) is 0 Å². The average molecular weight is 294 g/mol. The number of anilines is 1. The molecule has 20 heavy (non-hydrogen) atoms. The van der Waals surface area contributed by atoms with Gasteiger partial charge in [-0.2, -0.15) is 0 Å². The molecule has 110 valence electrons. The third-order valence-corrected chi connectivity index (χ3v) is 4.72. The first-order valence-corrected chi connectivity index (χ1v) is 8.22. The molecule has 0 amide bonds. The SMILES string of the molecule is CCNCc1c(N2CCCC(CO)C2)nc2sccn12. The highest BCUT2D eigenvalue weighted by molar-refractivity contribution is 7.15. The van der Waals surface area contributed by atoms with Gasteiger partial charge in [0.2, 0.25) is 0 Å². The van der Waals surface area contributed by atoms with Gasteiger partial charge in [-0.05, 0) is 25.3 Å². The summed E-state index contributed by atoms with van der Waals surface area (Å²) >= 11 is 1.67. The van der Waals surface area contributed by atoms with Crippen LogP contribution >= 0.6 is 11.3 Å². The fraction of sp³-hybridized carbons (Fsp3) is 0.643. The quantitative estimate of drug-likeness (QED) is 0.881. The summed E-state index contributed by atoms with van der Waals surface area (Å²) in [4.78, 5) is 8.20. The number of nitrogens with one attached hydrogen (secondary N) is 1. The van der Waals surface area contributed by atoms with Crippen LogP contribution in [-0.2, 0) is 6.54 Å². The molecule has 0 aromatic carbocycles. The maximum Gasteiger partial charge on any atom is 0.195 e. The highest BCUT2D eigenvalue weighted by Gasteiger charge is 2.24. The van der Waals surface area contributed by atoms with Crippen molar-refractivity contribution in [3.05, 3.63) is 17.3 Å². The van der Waals surface area contributed by atoms with Crippen molar-refractivity contribution < 1.29 is 5.11 Å². The van der Waals surface area contributed by atoms with E-state index in [-0.39, 0.29) is 6.61 Å². The van der Waals surface area contributed by atoms with Crippen molar-refractivity contribution in [2.24, 2.45) is 5.92 Å². The second-order valence-corrected chi connectivity index (χ2v) is 6.23. The van der Waals surface area contributed by atoms with Gasteiger partial charge in [0, 0.05) is 37.8 Å². The molecule has 3 heterocycles. The van der Waals surface area contributed by atoms with E-state index in [1.54, 1.807) is 11.3 Å². The van der Waals surface area contributed by atoms with Gasteiger partial charge >= 0.3 is 0 Å². The molecule has 2 aromatic heterocycles. The number of hydrogen-bond acceptors (Lipinski definition) is 5. The minimum Gasteiger partial charge on any atom is -0.396 e. The Morgan fingerprint density at radius 3 is 3.25 bits per heavy atom. The minimum atomic E-state index is 0.279. The summed E-state index contributed by atoms with van der Waals surface area (Å²) in [6.07, 6.45) is 4.35. The largest absolute Gasteiger partial charge is 0.396 e. The standard InChI is InChI=1S/C14H22N4OS/c1-2-15-8-12-13(16-14-18(12)6-7-20-14)17-5-3-4-11(9-17)10-19/h6-7,11,15,19H,2-5,8-10H2,1H3. The monoisotopic (exact) mass is 294 g/mol. The lowest BCUT2D eigenvalue weighted by Crippen LogP contribution is -2.37. The zero-order valence-corrected chi connectivity index (χ0v) is 12.7. The van der Waals surface area contributed by atoms with Crippen LogP contribution in [0.5, 0.6) is 0 Å². The van der Waals surface area contributed by atoms with Crippen molar-refractivity contribution in [2.45, 2.75) is 26.3 Å². The van der Waals surface area contributed by atoms with Crippen molar-refractivity contribution in [2.75, 3.05) is 31.1 Å². The lowest BCUT2D eigenvalue weighted by atomic mass is 9.99. The molecule has 0 radical (unpaired) electrons. The highest BCUT2D eigenvalue weighted by atomic mass is 32.1. The van der Waals surface area contributed by atoms with Crippen molar-refractivity contribution in [3.63, 3.8) is 0 Å². The molecule has 0 aliphatic carbocycles. The fourth-order valence-corrected chi connectivity index (χ4v) is 3.62. The zero-order chi connectivity index (χ0) is 13.9. The van der Waals surface area contributed by atoms with Gasteiger partial charge in [-0.25, -0.2) is 4.98 Å². The number of nitrogens with zero attached hydrogens (tertiary/aromatic N) is 3. The molecule has 1 aliphatic heterocycles. The summed E-state index contributed by atoms with van der Waals surface area (Å²) in [5.41, 5.74) is 1.24. The predicted molar refractivity (Wildman–Crippen MR) is 82.5 cm³/mol. The predicted octanol–water partition coefficient (Wildman–Crippen LogP) is 1.71. The first-order chi connectivity index (χ1) is 9.83. The number of aliphatic hydroxyl groups excluding tert-OH is 1. The Kier molecular flexibility index (Phi) is 4.24. The lowest BCUT2D eigenvalue weighted by Gasteiger charge is -2.32. The summed E-state index contributed by atoms with van der Waals surface area (Å²) < 4.78 is 2.19. The lowest BCUT2D eigenvalue weighted by molar-refractivity contribution is 0.208. The first kappa shape index (κ1) is 13.9. The molecule has 2 N–H and O–H groups in total. The number of hydrogen-bond donors (Lipinski definition) is 2. The molecule has 5 nitrogen and oxygen atoms in total. The Morgan fingerprint density at radius 1 is 1.55 bits per heavy atom. The van der Waals surface area contributed by atoms with Gasteiger partial charge in [0.1, 0.15) is 0 Å². The van der Waals surface area contributed by atoms with E-state index in [1.165, 1.54) is 5.69 Å². The van der Waals surface area contributed by atoms with Gasteiger partial charge in [0.25, 0.3) is 0 Å². The number of fused-ring (bicyclic) bond motifs is 1. The van der Waals surface area contributed by atoms with Gasteiger partial charge in [0.05, 0.1) is 5.69 Å². The van der Waals surface area contributed by atoms with Crippen LogP contribution in [-0.4, -0.2) is 40.7 Å². The van der Waals surface area contributed by atoms with E-state index in [0.717, 1.165) is 49.8 Å². The Hall–Kier alpha value is -1.11. The van der Waals surface area contributed by atoms with Crippen molar-refractivity contribution in [3.8, 4) is 0 Å². The van der Waals surface area contributed by atoms with E-state index < -0.39 is 0 Å². The molecule has 3 rings (SSSR count). The molecule has 2 aromatic rings. The summed E-state index contributed by atoms with van der Waals surface area (Å²) in [6.45, 7) is 6.15. The number of aliphatic hydroxyl groups is 1. The smallest absolute Gasteiger partial charge is 0.195 e. The topological polar surface area (TPSA) is 52.8 Å². The number of piperidine rings is 1. The van der Waals surface area contributed by atoms with E-state index >= 15 is 0 Å². The van der Waals surface area contributed by atoms with E-state index in [2.05, 4.69) is 33.1 Å². The van der Waals surface area contributed by atoms with Crippen LogP contribution in [0.2, 0.25) is 0 Å². The average Bonchev–Trinajstić information content (AvgIpc) is 3.06. The molecule has 1 aliphatic rings. The molecule has 6 heteroatoms. The molecule has 1 fully saturated rings. The summed E-state index contributed by atoms with van der Waals surface area (Å²) in [6, 6.07) is 0. The fourth-order valence-electron chi connectivity index (χ4n) is 2.89. The van der Waals surface area contributed by atoms with E-state index in [1.807, 2.05) is 0 Å². The van der Waals surface area contributed by atoms with Gasteiger partial charge in [-0.15, -0.1) is 11.3 Å². The molecule has 0 spiro atoms. The number of thiazole rings is 1. The molecule has 0 bridgehead atoms. The Balaban J connectivity index is 1.90. The van der Waals surface area contributed by atoms with E-state index in [9.17, 15) is 5.11 Å². The summed E-state index contributed by atoms with van der Waals surface area (Å²) in [7, 11) is 0. The second kappa shape index (κ2) is 6.11. The van der Waals surface area contributed by atoms with Crippen LogP contribution in [0.15, 0.2) is 11.6 Å². The third-order valence-electron chi connectivity index (χ3n) is 3.96. The van der Waals surface area contributed by atoms with Crippen molar-refractivity contribution >= 4 is 22.1 Å². The maximum absolute atomic E-state index is 9.40. The van der Waals surface area contributed by atoms with Crippen LogP contribution in [0.4, 0.5) is 5.82 Å². The molecule has 1 unspecified atom stereocenters. The number of aromatic nitrogens is 2. The Morgan fingerprint density at radius 2 is 2.45 bits per heavy atom.